The highest BCUT2D eigenvalue weighted by Gasteiger charge is 2.05. The third kappa shape index (κ3) is 5.25. The predicted molar refractivity (Wildman–Crippen MR) is 89.5 cm³/mol. The summed E-state index contributed by atoms with van der Waals surface area (Å²) in [4.78, 5) is 22.7. The third-order valence-corrected chi connectivity index (χ3v) is 3.61. The van der Waals surface area contributed by atoms with Gasteiger partial charge in [0.1, 0.15) is 0 Å². The SMILES string of the molecule is Cc1cc(C)cc(CCC(=O)NCc2ccc(C(=O)O)cc2)c1. The van der Waals surface area contributed by atoms with Crippen LogP contribution in [0.3, 0.4) is 0 Å². The van der Waals surface area contributed by atoms with E-state index in [-0.39, 0.29) is 11.5 Å². The number of hydrogen-bond donors (Lipinski definition) is 2. The second kappa shape index (κ2) is 7.58. The first-order valence-corrected chi connectivity index (χ1v) is 7.60. The minimum atomic E-state index is -0.950. The van der Waals surface area contributed by atoms with Crippen LogP contribution in [0, 0.1) is 13.8 Å². The lowest BCUT2D eigenvalue weighted by atomic mass is 10.0. The van der Waals surface area contributed by atoms with E-state index in [9.17, 15) is 9.59 Å². The summed E-state index contributed by atoms with van der Waals surface area (Å²) in [5.41, 5.74) is 4.71. The number of nitrogens with one attached hydrogen (secondary N) is 1. The minimum Gasteiger partial charge on any atom is -0.478 e. The van der Waals surface area contributed by atoms with Crippen LogP contribution in [0.2, 0.25) is 0 Å². The smallest absolute Gasteiger partial charge is 0.335 e. The first-order valence-electron chi connectivity index (χ1n) is 7.60. The van der Waals surface area contributed by atoms with Gasteiger partial charge in [-0.3, -0.25) is 4.79 Å². The maximum absolute atomic E-state index is 11.9. The maximum Gasteiger partial charge on any atom is 0.335 e. The molecule has 0 spiro atoms. The summed E-state index contributed by atoms with van der Waals surface area (Å²) in [5.74, 6) is -0.958. The monoisotopic (exact) mass is 311 g/mol. The van der Waals surface area contributed by atoms with Crippen molar-refractivity contribution in [1.82, 2.24) is 5.32 Å². The quantitative estimate of drug-likeness (QED) is 0.860. The summed E-state index contributed by atoms with van der Waals surface area (Å²) in [6, 6.07) is 12.8. The molecular weight excluding hydrogens is 290 g/mol. The van der Waals surface area contributed by atoms with Gasteiger partial charge in [-0.15, -0.1) is 0 Å². The van der Waals surface area contributed by atoms with Gasteiger partial charge in [0.25, 0.3) is 0 Å². The van der Waals surface area contributed by atoms with Crippen molar-refractivity contribution in [3.8, 4) is 0 Å². The highest BCUT2D eigenvalue weighted by Crippen LogP contribution is 2.11. The third-order valence-electron chi connectivity index (χ3n) is 3.61. The Hall–Kier alpha value is -2.62. The molecule has 23 heavy (non-hydrogen) atoms. The zero-order valence-electron chi connectivity index (χ0n) is 13.4. The maximum atomic E-state index is 11.9. The Bertz CT molecular complexity index is 685. The molecule has 2 aromatic carbocycles. The van der Waals surface area contributed by atoms with E-state index >= 15 is 0 Å². The van der Waals surface area contributed by atoms with Gasteiger partial charge in [0.2, 0.25) is 5.91 Å². The first-order chi connectivity index (χ1) is 10.9. The average molecular weight is 311 g/mol. The van der Waals surface area contributed by atoms with Crippen molar-refractivity contribution < 1.29 is 14.7 Å². The summed E-state index contributed by atoms with van der Waals surface area (Å²) in [6.07, 6.45) is 1.16. The summed E-state index contributed by atoms with van der Waals surface area (Å²) in [6.45, 7) is 4.51. The predicted octanol–water partition coefficient (Wildman–Crippen LogP) is 3.25. The average Bonchev–Trinajstić information content (AvgIpc) is 2.50. The van der Waals surface area contributed by atoms with Crippen LogP contribution in [0.4, 0.5) is 0 Å². The van der Waals surface area contributed by atoms with E-state index in [2.05, 4.69) is 37.4 Å². The summed E-state index contributed by atoms with van der Waals surface area (Å²) in [5, 5.41) is 11.7. The zero-order valence-corrected chi connectivity index (χ0v) is 13.4. The molecule has 0 heterocycles. The number of aryl methyl sites for hydroxylation is 3. The molecule has 0 fully saturated rings. The molecule has 2 rings (SSSR count). The van der Waals surface area contributed by atoms with Crippen molar-refractivity contribution in [3.05, 3.63) is 70.3 Å². The molecule has 0 radical (unpaired) electrons. The van der Waals surface area contributed by atoms with Crippen molar-refractivity contribution in [2.75, 3.05) is 0 Å². The standard InChI is InChI=1S/C19H21NO3/c1-13-9-14(2)11-16(10-13)5-8-18(21)20-12-15-3-6-17(7-4-15)19(22)23/h3-4,6-7,9-11H,5,8,12H2,1-2H3,(H,20,21)(H,22,23). The molecule has 0 saturated carbocycles. The van der Waals surface area contributed by atoms with Crippen LogP contribution in [0.15, 0.2) is 42.5 Å². The molecule has 0 aliphatic carbocycles. The van der Waals surface area contributed by atoms with Gasteiger partial charge in [-0.05, 0) is 43.5 Å². The fourth-order valence-corrected chi connectivity index (χ4v) is 2.53. The minimum absolute atomic E-state index is 0.00790. The Morgan fingerprint density at radius 3 is 2.13 bits per heavy atom. The molecule has 0 bridgehead atoms. The van der Waals surface area contributed by atoms with Crippen LogP contribution in [0.5, 0.6) is 0 Å². The molecule has 120 valence electrons. The van der Waals surface area contributed by atoms with Crippen LogP contribution in [0.1, 0.15) is 39.0 Å². The van der Waals surface area contributed by atoms with Gasteiger partial charge >= 0.3 is 5.97 Å². The van der Waals surface area contributed by atoms with Gasteiger partial charge < -0.3 is 10.4 Å². The lowest BCUT2D eigenvalue weighted by molar-refractivity contribution is -0.121. The summed E-state index contributed by atoms with van der Waals surface area (Å²) in [7, 11) is 0. The fraction of sp³-hybridized carbons (Fsp3) is 0.263. The molecule has 2 aromatic rings. The highest BCUT2D eigenvalue weighted by atomic mass is 16.4. The number of aromatic carboxylic acids is 1. The Morgan fingerprint density at radius 1 is 0.957 bits per heavy atom. The van der Waals surface area contributed by atoms with E-state index in [1.807, 2.05) is 0 Å². The van der Waals surface area contributed by atoms with E-state index in [4.69, 9.17) is 5.11 Å². The lowest BCUT2D eigenvalue weighted by Gasteiger charge is -2.07. The number of carboxylic acids is 1. The van der Waals surface area contributed by atoms with Gasteiger partial charge in [-0.25, -0.2) is 4.79 Å². The molecule has 0 aliphatic heterocycles. The number of hydrogen-bond acceptors (Lipinski definition) is 2. The van der Waals surface area contributed by atoms with E-state index in [1.54, 1.807) is 24.3 Å². The van der Waals surface area contributed by atoms with Crippen LogP contribution < -0.4 is 5.32 Å². The molecule has 1 amide bonds. The molecule has 4 nitrogen and oxygen atoms in total. The first kappa shape index (κ1) is 16.7. The Kier molecular flexibility index (Phi) is 5.52. The Morgan fingerprint density at radius 2 is 1.57 bits per heavy atom. The number of carbonyl (C=O) groups excluding carboxylic acids is 1. The van der Waals surface area contributed by atoms with Crippen molar-refractivity contribution in [1.29, 1.82) is 0 Å². The largest absolute Gasteiger partial charge is 0.478 e. The van der Waals surface area contributed by atoms with E-state index in [1.165, 1.54) is 16.7 Å². The molecular formula is C19H21NO3. The van der Waals surface area contributed by atoms with Crippen LogP contribution in [-0.2, 0) is 17.8 Å². The summed E-state index contributed by atoms with van der Waals surface area (Å²) >= 11 is 0. The molecule has 2 N–H and O–H groups in total. The Balaban J connectivity index is 1.81. The number of carbonyl (C=O) groups is 2. The van der Waals surface area contributed by atoms with Gasteiger partial charge in [0, 0.05) is 13.0 Å². The van der Waals surface area contributed by atoms with Gasteiger partial charge in [0.05, 0.1) is 5.56 Å². The molecule has 0 saturated heterocycles. The van der Waals surface area contributed by atoms with Crippen molar-refractivity contribution in [2.24, 2.45) is 0 Å². The van der Waals surface area contributed by atoms with Crippen molar-refractivity contribution in [2.45, 2.75) is 33.2 Å². The van der Waals surface area contributed by atoms with Crippen LogP contribution >= 0.6 is 0 Å². The molecule has 0 aliphatic rings. The topological polar surface area (TPSA) is 66.4 Å². The summed E-state index contributed by atoms with van der Waals surface area (Å²) < 4.78 is 0. The van der Waals surface area contributed by atoms with Gasteiger partial charge in [0.15, 0.2) is 0 Å². The van der Waals surface area contributed by atoms with Crippen molar-refractivity contribution >= 4 is 11.9 Å². The van der Waals surface area contributed by atoms with E-state index in [0.29, 0.717) is 19.4 Å². The number of amides is 1. The van der Waals surface area contributed by atoms with Crippen LogP contribution in [-0.4, -0.2) is 17.0 Å². The molecule has 0 atom stereocenters. The fourth-order valence-electron chi connectivity index (χ4n) is 2.53. The zero-order chi connectivity index (χ0) is 16.8. The lowest BCUT2D eigenvalue weighted by Crippen LogP contribution is -2.23. The van der Waals surface area contributed by atoms with E-state index in [0.717, 1.165) is 5.56 Å². The number of carboxylic acid groups (broad SMARTS) is 1. The second-order valence-corrected chi connectivity index (χ2v) is 5.77. The highest BCUT2D eigenvalue weighted by molar-refractivity contribution is 5.87. The van der Waals surface area contributed by atoms with Crippen LogP contribution in [0.25, 0.3) is 0 Å². The second-order valence-electron chi connectivity index (χ2n) is 5.77. The molecule has 0 aromatic heterocycles. The Labute approximate surface area is 136 Å². The number of rotatable bonds is 6. The van der Waals surface area contributed by atoms with Gasteiger partial charge in [-0.2, -0.15) is 0 Å². The normalized spacial score (nSPS) is 10.3. The van der Waals surface area contributed by atoms with Crippen molar-refractivity contribution in [3.63, 3.8) is 0 Å². The molecule has 0 unspecified atom stereocenters. The van der Waals surface area contributed by atoms with Gasteiger partial charge in [-0.1, -0.05) is 41.5 Å². The molecule has 4 heteroatoms. The number of benzene rings is 2. The van der Waals surface area contributed by atoms with E-state index < -0.39 is 5.97 Å².